The first-order chi connectivity index (χ1) is 14.5. The zero-order valence-corrected chi connectivity index (χ0v) is 16.0. The van der Waals surface area contributed by atoms with Crippen molar-refractivity contribution in [3.63, 3.8) is 0 Å². The third-order valence-corrected chi connectivity index (χ3v) is 4.20. The smallest absolute Gasteiger partial charge is 0.251 e. The van der Waals surface area contributed by atoms with Gasteiger partial charge in [0.25, 0.3) is 5.91 Å². The third kappa shape index (κ3) is 4.10. The number of fused-ring (bicyclic) bond motifs is 1. The van der Waals surface area contributed by atoms with Crippen molar-refractivity contribution >= 4 is 34.4 Å². The zero-order chi connectivity index (χ0) is 21.7. The summed E-state index contributed by atoms with van der Waals surface area (Å²) in [5.41, 5.74) is 0.607. The summed E-state index contributed by atoms with van der Waals surface area (Å²) in [4.78, 5) is 35.7. The highest BCUT2D eigenvalue weighted by atomic mass is 19.1. The van der Waals surface area contributed by atoms with Crippen molar-refractivity contribution in [2.75, 3.05) is 17.2 Å². The molecule has 0 bridgehead atoms. The number of carbonyl (C=O) groups excluding carboxylic acids is 2. The number of rotatable bonds is 7. The van der Waals surface area contributed by atoms with Crippen LogP contribution in [0.3, 0.4) is 0 Å². The molecular weight excluding hydrogens is 389 g/mol. The maximum atomic E-state index is 14.7. The van der Waals surface area contributed by atoms with Gasteiger partial charge in [-0.05, 0) is 31.2 Å². The Labute approximate surface area is 171 Å². The first-order valence-corrected chi connectivity index (χ1v) is 8.98. The summed E-state index contributed by atoms with van der Waals surface area (Å²) in [6.07, 6.45) is 3.81. The second kappa shape index (κ2) is 8.83. The van der Waals surface area contributed by atoms with Crippen molar-refractivity contribution in [1.29, 1.82) is 5.26 Å². The third-order valence-electron chi connectivity index (χ3n) is 4.20. The molecule has 0 aliphatic heterocycles. The Kier molecular flexibility index (Phi) is 6.03. The second-order valence-corrected chi connectivity index (χ2v) is 6.15. The van der Waals surface area contributed by atoms with Gasteiger partial charge in [0.05, 0.1) is 11.3 Å². The molecular formula is C20H18FN7O2. The maximum absolute atomic E-state index is 14.7. The van der Waals surface area contributed by atoms with Gasteiger partial charge in [-0.25, -0.2) is 9.97 Å². The van der Waals surface area contributed by atoms with Gasteiger partial charge in [-0.15, -0.1) is 0 Å². The van der Waals surface area contributed by atoms with Crippen LogP contribution in [-0.4, -0.2) is 33.3 Å². The second-order valence-electron chi connectivity index (χ2n) is 6.15. The largest absolute Gasteiger partial charge is 0.369 e. The van der Waals surface area contributed by atoms with Crippen molar-refractivity contribution in [3.05, 3.63) is 60.3 Å². The van der Waals surface area contributed by atoms with Crippen LogP contribution < -0.4 is 16.0 Å². The Morgan fingerprint density at radius 1 is 1.43 bits per heavy atom. The molecule has 0 spiro atoms. The van der Waals surface area contributed by atoms with Crippen LogP contribution in [0.1, 0.15) is 24.1 Å². The zero-order valence-electron chi connectivity index (χ0n) is 16.0. The molecule has 0 saturated heterocycles. The van der Waals surface area contributed by atoms with E-state index in [0.29, 0.717) is 17.7 Å². The number of nitrogens with one attached hydrogen (secondary N) is 4. The first-order valence-electron chi connectivity index (χ1n) is 8.98. The summed E-state index contributed by atoms with van der Waals surface area (Å²) in [6, 6.07) is 5.15. The van der Waals surface area contributed by atoms with Crippen molar-refractivity contribution in [1.82, 2.24) is 20.3 Å². The Balaban J connectivity index is 2.04. The summed E-state index contributed by atoms with van der Waals surface area (Å²) in [7, 11) is 0. The number of anilines is 2. The molecule has 30 heavy (non-hydrogen) atoms. The van der Waals surface area contributed by atoms with Crippen molar-refractivity contribution in [2.24, 2.45) is 0 Å². The Hall–Kier alpha value is -4.26. The van der Waals surface area contributed by atoms with Crippen LogP contribution in [-0.2, 0) is 9.59 Å². The highest BCUT2D eigenvalue weighted by molar-refractivity contribution is 6.03. The fourth-order valence-electron chi connectivity index (χ4n) is 2.90. The predicted octanol–water partition coefficient (Wildman–Crippen LogP) is 2.38. The van der Waals surface area contributed by atoms with E-state index >= 15 is 0 Å². The fourth-order valence-corrected chi connectivity index (χ4v) is 2.90. The van der Waals surface area contributed by atoms with Gasteiger partial charge in [-0.3, -0.25) is 9.59 Å². The van der Waals surface area contributed by atoms with Crippen LogP contribution >= 0.6 is 0 Å². The molecule has 0 unspecified atom stereocenters. The molecule has 9 nitrogen and oxygen atoms in total. The maximum Gasteiger partial charge on any atom is 0.251 e. The molecule has 1 atom stereocenters. The number of halogens is 1. The topological polar surface area (TPSA) is 136 Å². The van der Waals surface area contributed by atoms with Gasteiger partial charge in [0.15, 0.2) is 5.95 Å². The predicted molar refractivity (Wildman–Crippen MR) is 109 cm³/mol. The molecule has 152 valence electrons. The lowest BCUT2D eigenvalue weighted by atomic mass is 10.1. The average molecular weight is 407 g/mol. The van der Waals surface area contributed by atoms with Gasteiger partial charge in [-0.1, -0.05) is 6.58 Å². The Bertz CT molecular complexity index is 1170. The number of pyridine rings is 2. The van der Waals surface area contributed by atoms with Crippen molar-refractivity contribution in [3.8, 4) is 6.07 Å². The molecule has 0 radical (unpaired) electrons. The summed E-state index contributed by atoms with van der Waals surface area (Å²) in [5.74, 6) is -1.86. The van der Waals surface area contributed by atoms with E-state index in [1.54, 1.807) is 12.1 Å². The lowest BCUT2D eigenvalue weighted by molar-refractivity contribution is -0.124. The SMILES string of the molecule is C=CC(=O)N[C@@H](C(=O)Nc1cc(C#N)cnc1NCC)c1c(F)[nH]c2ncccc12. The minimum Gasteiger partial charge on any atom is -0.369 e. The van der Waals surface area contributed by atoms with E-state index in [-0.39, 0.29) is 22.5 Å². The highest BCUT2D eigenvalue weighted by Crippen LogP contribution is 2.28. The fraction of sp³-hybridized carbons (Fsp3) is 0.150. The quantitative estimate of drug-likeness (QED) is 0.444. The van der Waals surface area contributed by atoms with Crippen LogP contribution in [0, 0.1) is 17.3 Å². The first kappa shape index (κ1) is 20.5. The van der Waals surface area contributed by atoms with E-state index in [1.165, 1.54) is 18.5 Å². The van der Waals surface area contributed by atoms with Gasteiger partial charge >= 0.3 is 0 Å². The summed E-state index contributed by atoms with van der Waals surface area (Å²) < 4.78 is 14.7. The molecule has 0 aliphatic rings. The lowest BCUT2D eigenvalue weighted by Crippen LogP contribution is -2.36. The summed E-state index contributed by atoms with van der Waals surface area (Å²) >= 11 is 0. The van der Waals surface area contributed by atoms with Gasteiger partial charge in [-0.2, -0.15) is 9.65 Å². The number of nitrogens with zero attached hydrogens (tertiary/aromatic N) is 3. The van der Waals surface area contributed by atoms with E-state index in [4.69, 9.17) is 5.26 Å². The molecule has 2 amide bonds. The minimum atomic E-state index is -1.39. The van der Waals surface area contributed by atoms with E-state index in [9.17, 15) is 14.0 Å². The number of H-pyrrole nitrogens is 1. The van der Waals surface area contributed by atoms with Gasteiger partial charge < -0.3 is 20.9 Å². The molecule has 3 heterocycles. The molecule has 3 rings (SSSR count). The van der Waals surface area contributed by atoms with Crippen LogP contribution in [0.4, 0.5) is 15.9 Å². The molecule has 0 aliphatic carbocycles. The van der Waals surface area contributed by atoms with Crippen LogP contribution in [0.5, 0.6) is 0 Å². The molecule has 3 aromatic heterocycles. The molecule has 0 saturated carbocycles. The van der Waals surface area contributed by atoms with Crippen molar-refractivity contribution < 1.29 is 14.0 Å². The summed E-state index contributed by atoms with van der Waals surface area (Å²) in [5, 5.41) is 17.5. The summed E-state index contributed by atoms with van der Waals surface area (Å²) in [6.45, 7) is 5.73. The number of amides is 2. The number of hydrogen-bond acceptors (Lipinski definition) is 6. The van der Waals surface area contributed by atoms with Crippen molar-refractivity contribution in [2.45, 2.75) is 13.0 Å². The number of nitriles is 1. The molecule has 0 aromatic carbocycles. The lowest BCUT2D eigenvalue weighted by Gasteiger charge is -2.19. The molecule has 3 aromatic rings. The van der Waals surface area contributed by atoms with E-state index in [0.717, 1.165) is 6.08 Å². The number of aromatic nitrogens is 3. The normalized spacial score (nSPS) is 11.4. The van der Waals surface area contributed by atoms with Crippen LogP contribution in [0.2, 0.25) is 0 Å². The monoisotopic (exact) mass is 407 g/mol. The molecule has 10 heteroatoms. The van der Waals surface area contributed by atoms with Gasteiger partial charge in [0.1, 0.15) is 23.6 Å². The Morgan fingerprint density at radius 3 is 2.93 bits per heavy atom. The van der Waals surface area contributed by atoms with Gasteiger partial charge in [0.2, 0.25) is 5.91 Å². The molecule has 0 fully saturated rings. The van der Waals surface area contributed by atoms with Gasteiger partial charge in [0, 0.05) is 29.9 Å². The average Bonchev–Trinajstić information content (AvgIpc) is 3.08. The minimum absolute atomic E-state index is 0.0693. The van der Waals surface area contributed by atoms with Crippen LogP contribution in [0.25, 0.3) is 11.0 Å². The number of carbonyl (C=O) groups is 2. The van der Waals surface area contributed by atoms with E-state index in [1.807, 2.05) is 13.0 Å². The van der Waals surface area contributed by atoms with Crippen LogP contribution in [0.15, 0.2) is 43.2 Å². The van der Waals surface area contributed by atoms with E-state index in [2.05, 4.69) is 37.5 Å². The number of aromatic amines is 1. The number of hydrogen-bond donors (Lipinski definition) is 4. The Morgan fingerprint density at radius 2 is 2.23 bits per heavy atom. The molecule has 4 N–H and O–H groups in total. The highest BCUT2D eigenvalue weighted by Gasteiger charge is 2.29. The van der Waals surface area contributed by atoms with E-state index < -0.39 is 23.8 Å². The standard InChI is InChI=1S/C20H18FN7O2/c1-3-14(29)27-16(15-12-6-5-7-24-18(12)28-17(15)21)20(30)26-13-8-11(9-22)10-25-19(13)23-4-2/h3,5-8,10,16H,1,4H2,2H3,(H,23,25)(H,24,28)(H,26,30)(H,27,29)/t16-/m1/s1.